The van der Waals surface area contributed by atoms with Gasteiger partial charge in [-0.25, -0.2) is 9.38 Å². The topological polar surface area (TPSA) is 39.7 Å². The maximum Gasteiger partial charge on any atom is 0.191 e. The maximum atomic E-state index is 12.9. The molecule has 1 aromatic carbocycles. The van der Waals surface area contributed by atoms with Crippen molar-refractivity contribution in [2.75, 3.05) is 26.2 Å². The van der Waals surface area contributed by atoms with Gasteiger partial charge in [-0.1, -0.05) is 19.1 Å². The van der Waals surface area contributed by atoms with E-state index >= 15 is 0 Å². The van der Waals surface area contributed by atoms with Crippen molar-refractivity contribution in [2.45, 2.75) is 45.7 Å². The molecule has 6 heteroatoms. The van der Waals surface area contributed by atoms with Crippen LogP contribution in [-0.4, -0.2) is 43.1 Å². The van der Waals surface area contributed by atoms with E-state index in [4.69, 9.17) is 0 Å². The zero-order chi connectivity index (χ0) is 16.5. The Labute approximate surface area is 162 Å². The number of halogens is 2. The average molecular weight is 448 g/mol. The quantitative estimate of drug-likeness (QED) is 0.382. The number of nitrogens with one attached hydrogen (secondary N) is 2. The second-order valence-corrected chi connectivity index (χ2v) is 6.01. The first-order valence-corrected chi connectivity index (χ1v) is 8.73. The molecule has 0 aromatic heterocycles. The predicted octanol–water partition coefficient (Wildman–Crippen LogP) is 3.37. The van der Waals surface area contributed by atoms with E-state index in [9.17, 15) is 4.39 Å². The Kier molecular flexibility index (Phi) is 10.2. The summed E-state index contributed by atoms with van der Waals surface area (Å²) in [5, 5.41) is 6.73. The van der Waals surface area contributed by atoms with Crippen molar-refractivity contribution in [3.8, 4) is 0 Å². The van der Waals surface area contributed by atoms with Gasteiger partial charge in [-0.15, -0.1) is 24.0 Å². The molecule has 24 heavy (non-hydrogen) atoms. The van der Waals surface area contributed by atoms with Crippen LogP contribution in [0.2, 0.25) is 0 Å². The minimum Gasteiger partial charge on any atom is -0.357 e. The van der Waals surface area contributed by atoms with E-state index in [1.165, 1.54) is 38.1 Å². The number of rotatable bonds is 7. The summed E-state index contributed by atoms with van der Waals surface area (Å²) in [7, 11) is 0. The van der Waals surface area contributed by atoms with Crippen LogP contribution in [0.5, 0.6) is 0 Å². The summed E-state index contributed by atoms with van der Waals surface area (Å²) >= 11 is 0. The Morgan fingerprint density at radius 1 is 1.17 bits per heavy atom. The van der Waals surface area contributed by atoms with Gasteiger partial charge in [-0.2, -0.15) is 0 Å². The van der Waals surface area contributed by atoms with Gasteiger partial charge in [0.05, 0.1) is 6.54 Å². The molecule has 0 saturated carbocycles. The van der Waals surface area contributed by atoms with Gasteiger partial charge in [0.1, 0.15) is 5.82 Å². The third kappa shape index (κ3) is 6.93. The molecule has 136 valence electrons. The highest BCUT2D eigenvalue weighted by molar-refractivity contribution is 14.0. The molecule has 0 amide bonds. The standard InChI is InChI=1S/C18H29FN4.HI/c1-3-17(23-11-5-6-12-23)14-22-18(20-4-2)21-13-15-7-9-16(19)10-8-15;/h7-10,17H,3-6,11-14H2,1-2H3,(H2,20,21,22);1H. The number of hydrogen-bond donors (Lipinski definition) is 2. The number of likely N-dealkylation sites (tertiary alicyclic amines) is 1. The van der Waals surface area contributed by atoms with Crippen molar-refractivity contribution in [1.29, 1.82) is 0 Å². The van der Waals surface area contributed by atoms with E-state index in [2.05, 4.69) is 34.4 Å². The highest BCUT2D eigenvalue weighted by atomic mass is 127. The molecule has 1 heterocycles. The second-order valence-electron chi connectivity index (χ2n) is 6.01. The molecule has 1 aliphatic rings. The van der Waals surface area contributed by atoms with Gasteiger partial charge in [-0.05, 0) is 57.0 Å². The Morgan fingerprint density at radius 2 is 1.83 bits per heavy atom. The molecule has 1 aromatic rings. The van der Waals surface area contributed by atoms with Gasteiger partial charge in [-0.3, -0.25) is 4.90 Å². The normalized spacial score (nSPS) is 16.5. The highest BCUT2D eigenvalue weighted by Gasteiger charge is 2.20. The summed E-state index contributed by atoms with van der Waals surface area (Å²) in [5.41, 5.74) is 1.01. The SMILES string of the molecule is CCNC(=NCc1ccc(F)cc1)NCC(CC)N1CCCC1.I. The Hall–Kier alpha value is -0.890. The molecule has 2 rings (SSSR count). The lowest BCUT2D eigenvalue weighted by Crippen LogP contribution is -2.46. The molecule has 1 atom stereocenters. The molecule has 4 nitrogen and oxygen atoms in total. The molecular formula is C18H30FIN4. The van der Waals surface area contributed by atoms with Crippen LogP contribution in [0, 0.1) is 5.82 Å². The minimum atomic E-state index is -0.209. The number of guanidine groups is 1. The molecule has 1 aliphatic heterocycles. The monoisotopic (exact) mass is 448 g/mol. The first kappa shape index (κ1) is 21.2. The molecule has 0 radical (unpaired) electrons. The van der Waals surface area contributed by atoms with E-state index in [0.29, 0.717) is 12.6 Å². The third-order valence-electron chi connectivity index (χ3n) is 4.31. The van der Waals surface area contributed by atoms with Gasteiger partial charge in [0.25, 0.3) is 0 Å². The fourth-order valence-corrected chi connectivity index (χ4v) is 2.95. The summed E-state index contributed by atoms with van der Waals surface area (Å²) in [6.07, 6.45) is 3.77. The smallest absolute Gasteiger partial charge is 0.191 e. The van der Waals surface area contributed by atoms with Gasteiger partial charge in [0.2, 0.25) is 0 Å². The highest BCUT2D eigenvalue weighted by Crippen LogP contribution is 2.13. The Morgan fingerprint density at radius 3 is 2.42 bits per heavy atom. The van der Waals surface area contributed by atoms with Crippen molar-refractivity contribution < 1.29 is 4.39 Å². The molecule has 1 fully saturated rings. The fraction of sp³-hybridized carbons (Fsp3) is 0.611. The zero-order valence-corrected chi connectivity index (χ0v) is 17.1. The van der Waals surface area contributed by atoms with Crippen molar-refractivity contribution >= 4 is 29.9 Å². The van der Waals surface area contributed by atoms with E-state index in [-0.39, 0.29) is 29.8 Å². The van der Waals surface area contributed by atoms with Crippen LogP contribution in [0.3, 0.4) is 0 Å². The summed E-state index contributed by atoms with van der Waals surface area (Å²) in [4.78, 5) is 7.17. The Balaban J connectivity index is 0.00000288. The molecule has 1 unspecified atom stereocenters. The largest absolute Gasteiger partial charge is 0.357 e. The van der Waals surface area contributed by atoms with Crippen LogP contribution in [0.1, 0.15) is 38.7 Å². The molecule has 1 saturated heterocycles. The lowest BCUT2D eigenvalue weighted by molar-refractivity contribution is 0.236. The number of benzene rings is 1. The van der Waals surface area contributed by atoms with Crippen molar-refractivity contribution in [3.63, 3.8) is 0 Å². The van der Waals surface area contributed by atoms with Crippen LogP contribution in [-0.2, 0) is 6.54 Å². The van der Waals surface area contributed by atoms with E-state index in [0.717, 1.165) is 31.0 Å². The van der Waals surface area contributed by atoms with Crippen LogP contribution < -0.4 is 10.6 Å². The maximum absolute atomic E-state index is 12.9. The minimum absolute atomic E-state index is 0. The van der Waals surface area contributed by atoms with Gasteiger partial charge >= 0.3 is 0 Å². The Bertz CT molecular complexity index is 486. The van der Waals surface area contributed by atoms with E-state index in [1.807, 2.05) is 0 Å². The summed E-state index contributed by atoms with van der Waals surface area (Å²) in [6, 6.07) is 7.08. The second kappa shape index (κ2) is 11.6. The van der Waals surface area contributed by atoms with Crippen LogP contribution in [0.4, 0.5) is 4.39 Å². The first-order chi connectivity index (χ1) is 11.2. The molecule has 0 spiro atoms. The molecule has 0 bridgehead atoms. The van der Waals surface area contributed by atoms with Crippen LogP contribution >= 0.6 is 24.0 Å². The number of hydrogen-bond acceptors (Lipinski definition) is 2. The number of aliphatic imine (C=N–C) groups is 1. The van der Waals surface area contributed by atoms with Crippen LogP contribution in [0.15, 0.2) is 29.3 Å². The average Bonchev–Trinajstić information content (AvgIpc) is 3.09. The lowest BCUT2D eigenvalue weighted by atomic mass is 10.2. The fourth-order valence-electron chi connectivity index (χ4n) is 2.95. The zero-order valence-electron chi connectivity index (χ0n) is 14.7. The predicted molar refractivity (Wildman–Crippen MR) is 110 cm³/mol. The molecular weight excluding hydrogens is 418 g/mol. The van der Waals surface area contributed by atoms with Crippen molar-refractivity contribution in [3.05, 3.63) is 35.6 Å². The third-order valence-corrected chi connectivity index (χ3v) is 4.31. The lowest BCUT2D eigenvalue weighted by Gasteiger charge is -2.27. The first-order valence-electron chi connectivity index (χ1n) is 8.73. The van der Waals surface area contributed by atoms with Gasteiger partial charge in [0, 0.05) is 19.1 Å². The van der Waals surface area contributed by atoms with E-state index in [1.54, 1.807) is 12.1 Å². The van der Waals surface area contributed by atoms with Crippen molar-refractivity contribution in [1.82, 2.24) is 15.5 Å². The number of nitrogens with zero attached hydrogens (tertiary/aromatic N) is 2. The summed E-state index contributed by atoms with van der Waals surface area (Å²) in [5.74, 6) is 0.619. The molecule has 0 aliphatic carbocycles. The van der Waals surface area contributed by atoms with Crippen molar-refractivity contribution in [2.24, 2.45) is 4.99 Å². The van der Waals surface area contributed by atoms with Gasteiger partial charge < -0.3 is 10.6 Å². The molecule has 2 N–H and O–H groups in total. The summed E-state index contributed by atoms with van der Waals surface area (Å²) in [6.45, 7) is 9.02. The summed E-state index contributed by atoms with van der Waals surface area (Å²) < 4.78 is 12.9. The van der Waals surface area contributed by atoms with Crippen LogP contribution in [0.25, 0.3) is 0 Å². The van der Waals surface area contributed by atoms with Gasteiger partial charge in [0.15, 0.2) is 5.96 Å². The van der Waals surface area contributed by atoms with E-state index < -0.39 is 0 Å².